The summed E-state index contributed by atoms with van der Waals surface area (Å²) in [7, 11) is 0. The Hall–Kier alpha value is -1.64. The van der Waals surface area contributed by atoms with Gasteiger partial charge in [0.2, 0.25) is 5.91 Å². The Labute approximate surface area is 95.2 Å². The van der Waals surface area contributed by atoms with E-state index in [0.29, 0.717) is 18.0 Å². The summed E-state index contributed by atoms with van der Waals surface area (Å²) < 4.78 is 13.2. The Balaban J connectivity index is 2.54. The van der Waals surface area contributed by atoms with Crippen LogP contribution in [-0.2, 0) is 4.79 Å². The molecule has 0 unspecified atom stereocenters. The number of hydrogen-bond acceptors (Lipinski definition) is 1. The van der Waals surface area contributed by atoms with Crippen molar-refractivity contribution in [2.24, 2.45) is 5.92 Å². The number of halogens is 1. The first-order chi connectivity index (χ1) is 7.59. The SMILES string of the molecule is CC(C)CNC(=O)C=Cc1ccccc1F. The van der Waals surface area contributed by atoms with Crippen LogP contribution in [0.4, 0.5) is 4.39 Å². The second-order valence-electron chi connectivity index (χ2n) is 3.99. The maximum absolute atomic E-state index is 13.2. The van der Waals surface area contributed by atoms with E-state index in [4.69, 9.17) is 0 Å². The van der Waals surface area contributed by atoms with Gasteiger partial charge in [-0.25, -0.2) is 4.39 Å². The first-order valence-electron chi connectivity index (χ1n) is 5.30. The summed E-state index contributed by atoms with van der Waals surface area (Å²) in [5, 5.41) is 2.72. The number of nitrogens with one attached hydrogen (secondary N) is 1. The zero-order valence-electron chi connectivity index (χ0n) is 9.53. The Morgan fingerprint density at radius 2 is 2.12 bits per heavy atom. The second kappa shape index (κ2) is 6.05. The van der Waals surface area contributed by atoms with Crippen molar-refractivity contribution < 1.29 is 9.18 Å². The van der Waals surface area contributed by atoms with Gasteiger partial charge in [0, 0.05) is 18.2 Å². The van der Waals surface area contributed by atoms with Gasteiger partial charge in [0.25, 0.3) is 0 Å². The van der Waals surface area contributed by atoms with Gasteiger partial charge in [0.15, 0.2) is 0 Å². The third-order valence-corrected chi connectivity index (χ3v) is 2.00. The number of hydrogen-bond donors (Lipinski definition) is 1. The molecule has 0 aliphatic heterocycles. The van der Waals surface area contributed by atoms with Crippen molar-refractivity contribution in [1.29, 1.82) is 0 Å². The molecule has 1 aromatic carbocycles. The third kappa shape index (κ3) is 4.26. The highest BCUT2D eigenvalue weighted by molar-refractivity contribution is 5.91. The molecule has 0 spiro atoms. The van der Waals surface area contributed by atoms with Crippen LogP contribution in [0, 0.1) is 11.7 Å². The van der Waals surface area contributed by atoms with Crippen LogP contribution in [0.15, 0.2) is 30.3 Å². The van der Waals surface area contributed by atoms with Gasteiger partial charge in [-0.2, -0.15) is 0 Å². The summed E-state index contributed by atoms with van der Waals surface area (Å²) in [6, 6.07) is 6.34. The van der Waals surface area contributed by atoms with Crippen LogP contribution >= 0.6 is 0 Å². The van der Waals surface area contributed by atoms with E-state index in [1.807, 2.05) is 13.8 Å². The quantitative estimate of drug-likeness (QED) is 0.778. The maximum Gasteiger partial charge on any atom is 0.244 e. The molecule has 0 saturated heterocycles. The zero-order chi connectivity index (χ0) is 12.0. The van der Waals surface area contributed by atoms with Crippen LogP contribution in [-0.4, -0.2) is 12.5 Å². The molecule has 0 aliphatic rings. The van der Waals surface area contributed by atoms with Crippen molar-refractivity contribution in [2.45, 2.75) is 13.8 Å². The highest BCUT2D eigenvalue weighted by atomic mass is 19.1. The summed E-state index contributed by atoms with van der Waals surface area (Å²) in [6.45, 7) is 4.65. The van der Waals surface area contributed by atoms with Crippen LogP contribution in [0.3, 0.4) is 0 Å². The fourth-order valence-corrected chi connectivity index (χ4v) is 1.14. The van der Waals surface area contributed by atoms with Crippen molar-refractivity contribution in [3.05, 3.63) is 41.7 Å². The Morgan fingerprint density at radius 1 is 1.44 bits per heavy atom. The van der Waals surface area contributed by atoms with Crippen molar-refractivity contribution in [3.8, 4) is 0 Å². The minimum Gasteiger partial charge on any atom is -0.352 e. The number of benzene rings is 1. The molecule has 0 bridgehead atoms. The van der Waals surface area contributed by atoms with E-state index in [9.17, 15) is 9.18 Å². The lowest BCUT2D eigenvalue weighted by Crippen LogP contribution is -2.25. The van der Waals surface area contributed by atoms with Crippen LogP contribution < -0.4 is 5.32 Å². The largest absolute Gasteiger partial charge is 0.352 e. The van der Waals surface area contributed by atoms with E-state index in [1.165, 1.54) is 18.2 Å². The summed E-state index contributed by atoms with van der Waals surface area (Å²) >= 11 is 0. The summed E-state index contributed by atoms with van der Waals surface area (Å²) in [5.74, 6) is -0.113. The molecular formula is C13H16FNO. The summed E-state index contributed by atoms with van der Waals surface area (Å²) in [6.07, 6.45) is 2.83. The lowest BCUT2D eigenvalue weighted by Gasteiger charge is -2.04. The standard InChI is InChI=1S/C13H16FNO/c1-10(2)9-15-13(16)8-7-11-5-3-4-6-12(11)14/h3-8,10H,9H2,1-2H3,(H,15,16). The van der Waals surface area contributed by atoms with E-state index in [-0.39, 0.29) is 11.7 Å². The summed E-state index contributed by atoms with van der Waals surface area (Å²) in [5.41, 5.74) is 0.419. The van der Waals surface area contributed by atoms with Gasteiger partial charge in [0.1, 0.15) is 5.82 Å². The van der Waals surface area contributed by atoms with Gasteiger partial charge in [-0.3, -0.25) is 4.79 Å². The average Bonchev–Trinajstić information content (AvgIpc) is 2.25. The van der Waals surface area contributed by atoms with Crippen molar-refractivity contribution in [1.82, 2.24) is 5.32 Å². The first kappa shape index (κ1) is 12.4. The molecule has 0 heterocycles. The number of amides is 1. The highest BCUT2D eigenvalue weighted by Gasteiger charge is 1.99. The van der Waals surface area contributed by atoms with Gasteiger partial charge >= 0.3 is 0 Å². The highest BCUT2D eigenvalue weighted by Crippen LogP contribution is 2.07. The molecule has 0 radical (unpaired) electrons. The molecular weight excluding hydrogens is 205 g/mol. The molecule has 1 aromatic rings. The molecule has 1 rings (SSSR count). The van der Waals surface area contributed by atoms with Gasteiger partial charge in [-0.05, 0) is 18.1 Å². The Bertz CT molecular complexity index is 385. The second-order valence-corrected chi connectivity index (χ2v) is 3.99. The Morgan fingerprint density at radius 3 is 2.75 bits per heavy atom. The summed E-state index contributed by atoms with van der Waals surface area (Å²) in [4.78, 5) is 11.3. The fourth-order valence-electron chi connectivity index (χ4n) is 1.14. The average molecular weight is 221 g/mol. The van der Waals surface area contributed by atoms with E-state index in [2.05, 4.69) is 5.32 Å². The third-order valence-electron chi connectivity index (χ3n) is 2.00. The molecule has 3 heteroatoms. The van der Waals surface area contributed by atoms with Crippen LogP contribution in [0.1, 0.15) is 19.4 Å². The lowest BCUT2D eigenvalue weighted by molar-refractivity contribution is -0.116. The van der Waals surface area contributed by atoms with Crippen molar-refractivity contribution in [2.75, 3.05) is 6.54 Å². The van der Waals surface area contributed by atoms with Gasteiger partial charge in [-0.15, -0.1) is 0 Å². The van der Waals surface area contributed by atoms with E-state index >= 15 is 0 Å². The number of rotatable bonds is 4. The molecule has 0 atom stereocenters. The van der Waals surface area contributed by atoms with Gasteiger partial charge in [0.05, 0.1) is 0 Å². The lowest BCUT2D eigenvalue weighted by atomic mass is 10.2. The molecule has 0 aliphatic carbocycles. The minimum absolute atomic E-state index is 0.197. The monoisotopic (exact) mass is 221 g/mol. The van der Waals surface area contributed by atoms with Crippen molar-refractivity contribution in [3.63, 3.8) is 0 Å². The van der Waals surface area contributed by atoms with Crippen LogP contribution in [0.2, 0.25) is 0 Å². The topological polar surface area (TPSA) is 29.1 Å². The van der Waals surface area contributed by atoms with Gasteiger partial charge < -0.3 is 5.32 Å². The molecule has 2 nitrogen and oxygen atoms in total. The predicted octanol–water partition coefficient (Wildman–Crippen LogP) is 2.61. The zero-order valence-corrected chi connectivity index (χ0v) is 9.53. The Kier molecular flexibility index (Phi) is 4.70. The van der Waals surface area contributed by atoms with E-state index in [0.717, 1.165) is 0 Å². The molecule has 0 saturated carbocycles. The number of carbonyl (C=O) groups is 1. The first-order valence-corrected chi connectivity index (χ1v) is 5.30. The van der Waals surface area contributed by atoms with E-state index in [1.54, 1.807) is 18.2 Å². The molecule has 0 aromatic heterocycles. The predicted molar refractivity (Wildman–Crippen MR) is 63.3 cm³/mol. The minimum atomic E-state index is -0.324. The number of carbonyl (C=O) groups excluding carboxylic acids is 1. The maximum atomic E-state index is 13.2. The normalized spacial score (nSPS) is 11.0. The van der Waals surface area contributed by atoms with Crippen molar-refractivity contribution >= 4 is 12.0 Å². The molecule has 0 fully saturated rings. The van der Waals surface area contributed by atoms with Crippen LogP contribution in [0.5, 0.6) is 0 Å². The van der Waals surface area contributed by atoms with Gasteiger partial charge in [-0.1, -0.05) is 32.0 Å². The molecule has 86 valence electrons. The van der Waals surface area contributed by atoms with E-state index < -0.39 is 0 Å². The molecule has 1 amide bonds. The molecule has 16 heavy (non-hydrogen) atoms. The smallest absolute Gasteiger partial charge is 0.244 e. The molecule has 1 N–H and O–H groups in total. The van der Waals surface area contributed by atoms with Crippen LogP contribution in [0.25, 0.3) is 6.08 Å². The fraction of sp³-hybridized carbons (Fsp3) is 0.308.